The number of aliphatic carboxylic acids is 1. The Bertz CT molecular complexity index is 332. The molecule has 1 aromatic carbocycles. The molecule has 1 unspecified atom stereocenters. The van der Waals surface area contributed by atoms with Crippen molar-refractivity contribution in [3.05, 3.63) is 42.5 Å². The molecule has 0 fully saturated rings. The molecule has 0 aromatic heterocycles. The quantitative estimate of drug-likeness (QED) is 0.758. The van der Waals surface area contributed by atoms with Crippen LogP contribution in [-0.2, 0) is 4.79 Å². The first-order valence-corrected chi connectivity index (χ1v) is 4.33. The highest BCUT2D eigenvalue weighted by atomic mass is 16.4. The molecule has 0 aliphatic rings. The van der Waals surface area contributed by atoms with Gasteiger partial charge in [0, 0.05) is 0 Å². The third kappa shape index (κ3) is 2.71. The topological polar surface area (TPSA) is 63.3 Å². The summed E-state index contributed by atoms with van der Waals surface area (Å²) < 4.78 is 0. The van der Waals surface area contributed by atoms with Gasteiger partial charge in [-0.2, -0.15) is 0 Å². The molecule has 0 amide bonds. The van der Waals surface area contributed by atoms with E-state index in [-0.39, 0.29) is 6.42 Å². The summed E-state index contributed by atoms with van der Waals surface area (Å²) in [6.07, 6.45) is 0.277. The van der Waals surface area contributed by atoms with Gasteiger partial charge in [-0.3, -0.25) is 4.79 Å². The standard InChI is InChI=1S/C11H13NO2/c1-8(7-10(12)11(13)14)9-5-3-2-4-6-9/h2-6,10H,1,7,12H2,(H,13,14). The van der Waals surface area contributed by atoms with Gasteiger partial charge in [0.1, 0.15) is 6.04 Å². The third-order valence-electron chi connectivity index (χ3n) is 1.97. The van der Waals surface area contributed by atoms with Crippen LogP contribution >= 0.6 is 0 Å². The number of carbonyl (C=O) groups is 1. The number of hydrogen-bond acceptors (Lipinski definition) is 2. The van der Waals surface area contributed by atoms with Crippen LogP contribution in [0, 0.1) is 0 Å². The summed E-state index contributed by atoms with van der Waals surface area (Å²) in [5, 5.41) is 8.61. The number of carboxylic acids is 1. The summed E-state index contributed by atoms with van der Waals surface area (Å²) in [7, 11) is 0. The monoisotopic (exact) mass is 191 g/mol. The van der Waals surface area contributed by atoms with Crippen molar-refractivity contribution < 1.29 is 9.90 Å². The molecule has 0 saturated carbocycles. The van der Waals surface area contributed by atoms with E-state index in [4.69, 9.17) is 10.8 Å². The van der Waals surface area contributed by atoms with Crippen LogP contribution < -0.4 is 5.73 Å². The van der Waals surface area contributed by atoms with Crippen LogP contribution in [0.4, 0.5) is 0 Å². The molecule has 0 aliphatic heterocycles. The first-order chi connectivity index (χ1) is 6.61. The number of rotatable bonds is 4. The van der Waals surface area contributed by atoms with Gasteiger partial charge in [-0.15, -0.1) is 0 Å². The summed E-state index contributed by atoms with van der Waals surface area (Å²) in [6.45, 7) is 3.80. The molecule has 74 valence electrons. The Morgan fingerprint density at radius 2 is 2.00 bits per heavy atom. The Labute approximate surface area is 82.9 Å². The van der Waals surface area contributed by atoms with Gasteiger partial charge in [0.05, 0.1) is 0 Å². The Morgan fingerprint density at radius 3 is 2.50 bits per heavy atom. The Hall–Kier alpha value is -1.61. The van der Waals surface area contributed by atoms with E-state index in [2.05, 4.69) is 6.58 Å². The highest BCUT2D eigenvalue weighted by Crippen LogP contribution is 2.16. The second kappa shape index (κ2) is 4.58. The van der Waals surface area contributed by atoms with Gasteiger partial charge in [0.15, 0.2) is 0 Å². The normalized spacial score (nSPS) is 12.1. The lowest BCUT2D eigenvalue weighted by molar-refractivity contribution is -0.138. The van der Waals surface area contributed by atoms with Crippen molar-refractivity contribution in [3.8, 4) is 0 Å². The van der Waals surface area contributed by atoms with Gasteiger partial charge in [-0.1, -0.05) is 36.9 Å². The molecule has 0 heterocycles. The van der Waals surface area contributed by atoms with Gasteiger partial charge in [-0.05, 0) is 17.6 Å². The van der Waals surface area contributed by atoms with Gasteiger partial charge in [-0.25, -0.2) is 0 Å². The maximum atomic E-state index is 10.5. The summed E-state index contributed by atoms with van der Waals surface area (Å²) >= 11 is 0. The molecule has 1 atom stereocenters. The molecule has 3 nitrogen and oxygen atoms in total. The SMILES string of the molecule is C=C(CC(N)C(=O)O)c1ccccc1. The van der Waals surface area contributed by atoms with Crippen LogP contribution in [0.25, 0.3) is 5.57 Å². The minimum absolute atomic E-state index is 0.277. The number of benzene rings is 1. The molecule has 3 N–H and O–H groups in total. The van der Waals surface area contributed by atoms with E-state index in [1.807, 2.05) is 30.3 Å². The molecule has 1 rings (SSSR count). The fourth-order valence-electron chi connectivity index (χ4n) is 1.14. The lowest BCUT2D eigenvalue weighted by atomic mass is 10.0. The van der Waals surface area contributed by atoms with Crippen LogP contribution in [0.5, 0.6) is 0 Å². The van der Waals surface area contributed by atoms with E-state index in [0.29, 0.717) is 0 Å². The molecule has 1 aromatic rings. The predicted octanol–water partition coefficient (Wildman–Crippen LogP) is 1.50. The van der Waals surface area contributed by atoms with Crippen molar-refractivity contribution in [3.63, 3.8) is 0 Å². The minimum atomic E-state index is -0.998. The zero-order valence-electron chi connectivity index (χ0n) is 7.81. The Balaban J connectivity index is 2.64. The van der Waals surface area contributed by atoms with Crippen molar-refractivity contribution in [2.45, 2.75) is 12.5 Å². The van der Waals surface area contributed by atoms with E-state index >= 15 is 0 Å². The molecular weight excluding hydrogens is 178 g/mol. The van der Waals surface area contributed by atoms with Crippen LogP contribution in [0.1, 0.15) is 12.0 Å². The van der Waals surface area contributed by atoms with Gasteiger partial charge in [0.2, 0.25) is 0 Å². The maximum absolute atomic E-state index is 10.5. The van der Waals surface area contributed by atoms with E-state index in [9.17, 15) is 4.79 Å². The number of hydrogen-bond donors (Lipinski definition) is 2. The molecule has 0 spiro atoms. The van der Waals surface area contributed by atoms with Gasteiger partial charge >= 0.3 is 5.97 Å². The summed E-state index contributed by atoms with van der Waals surface area (Å²) in [5.41, 5.74) is 7.08. The zero-order valence-corrected chi connectivity index (χ0v) is 7.81. The Kier molecular flexibility index (Phi) is 3.42. The molecular formula is C11H13NO2. The van der Waals surface area contributed by atoms with Crippen LogP contribution in [0.2, 0.25) is 0 Å². The predicted molar refractivity (Wildman–Crippen MR) is 55.7 cm³/mol. The third-order valence-corrected chi connectivity index (χ3v) is 1.97. The van der Waals surface area contributed by atoms with Crippen LogP contribution in [0.15, 0.2) is 36.9 Å². The highest BCUT2D eigenvalue weighted by molar-refractivity contribution is 5.77. The van der Waals surface area contributed by atoms with Gasteiger partial charge < -0.3 is 10.8 Å². The molecule has 0 aliphatic carbocycles. The van der Waals surface area contributed by atoms with Crippen LogP contribution in [-0.4, -0.2) is 17.1 Å². The molecule has 3 heteroatoms. The van der Waals surface area contributed by atoms with E-state index < -0.39 is 12.0 Å². The van der Waals surface area contributed by atoms with E-state index in [1.165, 1.54) is 0 Å². The molecule has 14 heavy (non-hydrogen) atoms. The first kappa shape index (κ1) is 10.5. The summed E-state index contributed by atoms with van der Waals surface area (Å²) in [5.74, 6) is -0.998. The van der Waals surface area contributed by atoms with Gasteiger partial charge in [0.25, 0.3) is 0 Å². The van der Waals surface area contributed by atoms with Crippen molar-refractivity contribution in [2.75, 3.05) is 0 Å². The highest BCUT2D eigenvalue weighted by Gasteiger charge is 2.13. The smallest absolute Gasteiger partial charge is 0.320 e. The number of carboxylic acid groups (broad SMARTS) is 1. The maximum Gasteiger partial charge on any atom is 0.320 e. The Morgan fingerprint density at radius 1 is 1.43 bits per heavy atom. The minimum Gasteiger partial charge on any atom is -0.480 e. The molecule has 0 bridgehead atoms. The fourth-order valence-corrected chi connectivity index (χ4v) is 1.14. The molecule has 0 saturated heterocycles. The van der Waals surface area contributed by atoms with Crippen molar-refractivity contribution in [2.24, 2.45) is 5.73 Å². The van der Waals surface area contributed by atoms with Crippen molar-refractivity contribution >= 4 is 11.5 Å². The lowest BCUT2D eigenvalue weighted by Crippen LogP contribution is -2.30. The van der Waals surface area contributed by atoms with E-state index in [0.717, 1.165) is 11.1 Å². The molecule has 0 radical (unpaired) electrons. The summed E-state index contributed by atoms with van der Waals surface area (Å²) in [4.78, 5) is 10.5. The average molecular weight is 191 g/mol. The fraction of sp³-hybridized carbons (Fsp3) is 0.182. The van der Waals surface area contributed by atoms with Crippen LogP contribution in [0.3, 0.4) is 0 Å². The largest absolute Gasteiger partial charge is 0.480 e. The van der Waals surface area contributed by atoms with Crippen molar-refractivity contribution in [1.82, 2.24) is 0 Å². The van der Waals surface area contributed by atoms with E-state index in [1.54, 1.807) is 0 Å². The number of nitrogens with two attached hydrogens (primary N) is 1. The second-order valence-electron chi connectivity index (χ2n) is 3.12. The zero-order chi connectivity index (χ0) is 10.6. The first-order valence-electron chi connectivity index (χ1n) is 4.33. The summed E-state index contributed by atoms with van der Waals surface area (Å²) in [6, 6.07) is 8.56. The second-order valence-corrected chi connectivity index (χ2v) is 3.12. The lowest BCUT2D eigenvalue weighted by Gasteiger charge is -2.08. The average Bonchev–Trinajstić information content (AvgIpc) is 2.19. The van der Waals surface area contributed by atoms with Crippen molar-refractivity contribution in [1.29, 1.82) is 0 Å².